The summed E-state index contributed by atoms with van der Waals surface area (Å²) in [6.45, 7) is -0.00623. The Kier molecular flexibility index (Phi) is 7.44. The Balaban J connectivity index is 1.35. The summed E-state index contributed by atoms with van der Waals surface area (Å²) in [4.78, 5) is 38.3. The van der Waals surface area contributed by atoms with Crippen molar-refractivity contribution in [1.29, 1.82) is 0 Å². The molecule has 3 aromatic carbocycles. The van der Waals surface area contributed by atoms with E-state index in [2.05, 4.69) is 21.2 Å². The lowest BCUT2D eigenvalue weighted by Crippen LogP contribution is -2.36. The number of imide groups is 1. The molecule has 0 aromatic heterocycles. The Morgan fingerprint density at radius 2 is 1.68 bits per heavy atom. The van der Waals surface area contributed by atoms with Crippen molar-refractivity contribution in [2.75, 3.05) is 11.9 Å². The molecular weight excluding hydrogens is 523 g/mol. The van der Waals surface area contributed by atoms with Gasteiger partial charge < -0.3 is 10.1 Å². The van der Waals surface area contributed by atoms with Crippen LogP contribution in [-0.4, -0.2) is 28.5 Å². The molecule has 0 unspecified atom stereocenters. The van der Waals surface area contributed by atoms with Gasteiger partial charge in [0.25, 0.3) is 11.1 Å². The van der Waals surface area contributed by atoms with Crippen LogP contribution in [0.3, 0.4) is 0 Å². The SMILES string of the molecule is O=C(CN1C(=O)S/C(=C\c2ccc(OCc3ccc(Br)cc3)cc2)C1=O)Nc1ccc(F)cc1. The van der Waals surface area contributed by atoms with Gasteiger partial charge in [-0.2, -0.15) is 0 Å². The number of halogens is 2. The molecule has 172 valence electrons. The highest BCUT2D eigenvalue weighted by molar-refractivity contribution is 9.10. The lowest BCUT2D eigenvalue weighted by atomic mass is 10.2. The normalized spacial score (nSPS) is 14.5. The molecule has 1 N–H and O–H groups in total. The first-order valence-electron chi connectivity index (χ1n) is 10.2. The van der Waals surface area contributed by atoms with Crippen molar-refractivity contribution >= 4 is 56.5 Å². The van der Waals surface area contributed by atoms with Crippen LogP contribution >= 0.6 is 27.7 Å². The fraction of sp³-hybridized carbons (Fsp3) is 0.0800. The van der Waals surface area contributed by atoms with Crippen molar-refractivity contribution in [1.82, 2.24) is 4.90 Å². The topological polar surface area (TPSA) is 75.7 Å². The molecule has 9 heteroatoms. The Morgan fingerprint density at radius 1 is 1.00 bits per heavy atom. The zero-order chi connectivity index (χ0) is 24.1. The number of nitrogens with zero attached hydrogens (tertiary/aromatic N) is 1. The number of hydrogen-bond donors (Lipinski definition) is 1. The molecule has 0 radical (unpaired) electrons. The molecule has 1 aliphatic heterocycles. The second-order valence-corrected chi connectivity index (χ2v) is 9.22. The Hall–Kier alpha value is -3.43. The van der Waals surface area contributed by atoms with E-state index in [4.69, 9.17) is 4.74 Å². The molecule has 0 aliphatic carbocycles. The highest BCUT2D eigenvalue weighted by Crippen LogP contribution is 2.32. The largest absolute Gasteiger partial charge is 0.489 e. The van der Waals surface area contributed by atoms with Gasteiger partial charge >= 0.3 is 0 Å². The van der Waals surface area contributed by atoms with Gasteiger partial charge in [-0.3, -0.25) is 19.3 Å². The van der Waals surface area contributed by atoms with Crippen LogP contribution in [-0.2, 0) is 16.2 Å². The summed E-state index contributed by atoms with van der Waals surface area (Å²) < 4.78 is 19.8. The molecule has 1 heterocycles. The van der Waals surface area contributed by atoms with Crippen molar-refractivity contribution in [3.05, 3.63) is 99.1 Å². The van der Waals surface area contributed by atoms with E-state index in [0.29, 0.717) is 18.0 Å². The van der Waals surface area contributed by atoms with Crippen molar-refractivity contribution in [3.63, 3.8) is 0 Å². The fourth-order valence-electron chi connectivity index (χ4n) is 3.07. The Morgan fingerprint density at radius 3 is 2.35 bits per heavy atom. The molecule has 4 rings (SSSR count). The van der Waals surface area contributed by atoms with Gasteiger partial charge in [-0.1, -0.05) is 40.2 Å². The van der Waals surface area contributed by atoms with E-state index >= 15 is 0 Å². The molecule has 3 amide bonds. The predicted molar refractivity (Wildman–Crippen MR) is 133 cm³/mol. The molecule has 0 saturated carbocycles. The first-order valence-corrected chi connectivity index (χ1v) is 11.8. The number of anilines is 1. The molecular formula is C25H18BrFN2O4S. The van der Waals surface area contributed by atoms with Crippen LogP contribution in [0.25, 0.3) is 6.08 Å². The quantitative estimate of drug-likeness (QED) is 0.381. The second-order valence-electron chi connectivity index (χ2n) is 7.31. The number of nitrogens with one attached hydrogen (secondary N) is 1. The fourth-order valence-corrected chi connectivity index (χ4v) is 4.18. The van der Waals surface area contributed by atoms with Gasteiger partial charge in [-0.25, -0.2) is 4.39 Å². The lowest BCUT2D eigenvalue weighted by Gasteiger charge is -2.12. The van der Waals surface area contributed by atoms with E-state index in [0.717, 1.165) is 32.3 Å². The summed E-state index contributed by atoms with van der Waals surface area (Å²) in [6.07, 6.45) is 1.60. The molecule has 3 aromatic rings. The van der Waals surface area contributed by atoms with E-state index in [9.17, 15) is 18.8 Å². The van der Waals surface area contributed by atoms with E-state index in [1.54, 1.807) is 30.3 Å². The minimum atomic E-state index is -0.553. The van der Waals surface area contributed by atoms with Gasteiger partial charge in [0.2, 0.25) is 5.91 Å². The van der Waals surface area contributed by atoms with Crippen LogP contribution < -0.4 is 10.1 Å². The number of carbonyl (C=O) groups is 3. The van der Waals surface area contributed by atoms with E-state index in [-0.39, 0.29) is 4.91 Å². The number of carbonyl (C=O) groups excluding carboxylic acids is 3. The number of ether oxygens (including phenoxy) is 1. The minimum absolute atomic E-state index is 0.225. The smallest absolute Gasteiger partial charge is 0.294 e. The summed E-state index contributed by atoms with van der Waals surface area (Å²) in [7, 11) is 0. The Bertz CT molecular complexity index is 1250. The van der Waals surface area contributed by atoms with Crippen molar-refractivity contribution in [3.8, 4) is 5.75 Å². The van der Waals surface area contributed by atoms with E-state index in [1.165, 1.54) is 24.3 Å². The predicted octanol–water partition coefficient (Wildman–Crippen LogP) is 5.84. The van der Waals surface area contributed by atoms with Crippen LogP contribution in [0.1, 0.15) is 11.1 Å². The van der Waals surface area contributed by atoms with Crippen molar-refractivity contribution in [2.24, 2.45) is 0 Å². The molecule has 6 nitrogen and oxygen atoms in total. The second kappa shape index (κ2) is 10.7. The molecule has 34 heavy (non-hydrogen) atoms. The van der Waals surface area contributed by atoms with Crippen LogP contribution in [0.2, 0.25) is 0 Å². The van der Waals surface area contributed by atoms with Crippen LogP contribution in [0, 0.1) is 5.82 Å². The number of hydrogen-bond acceptors (Lipinski definition) is 5. The summed E-state index contributed by atoms with van der Waals surface area (Å²) in [5.41, 5.74) is 2.12. The number of amides is 3. The lowest BCUT2D eigenvalue weighted by molar-refractivity contribution is -0.127. The Labute approximate surface area is 207 Å². The van der Waals surface area contributed by atoms with E-state index in [1.807, 2.05) is 24.3 Å². The van der Waals surface area contributed by atoms with Gasteiger partial charge in [0.15, 0.2) is 0 Å². The molecule has 0 bridgehead atoms. The maximum Gasteiger partial charge on any atom is 0.294 e. The third kappa shape index (κ3) is 6.12. The van der Waals surface area contributed by atoms with Crippen molar-refractivity contribution in [2.45, 2.75) is 6.61 Å². The number of benzene rings is 3. The number of rotatable bonds is 7. The average molecular weight is 541 g/mol. The van der Waals surface area contributed by atoms with Gasteiger partial charge in [-0.05, 0) is 77.5 Å². The van der Waals surface area contributed by atoms with Gasteiger partial charge in [0, 0.05) is 10.2 Å². The van der Waals surface area contributed by atoms with Gasteiger partial charge in [-0.15, -0.1) is 0 Å². The number of thioether (sulfide) groups is 1. The minimum Gasteiger partial charge on any atom is -0.489 e. The summed E-state index contributed by atoms with van der Waals surface area (Å²) in [5, 5.41) is 2.01. The van der Waals surface area contributed by atoms with Crippen LogP contribution in [0.4, 0.5) is 14.9 Å². The first-order chi connectivity index (χ1) is 16.4. The molecule has 0 spiro atoms. The highest BCUT2D eigenvalue weighted by atomic mass is 79.9. The molecule has 1 saturated heterocycles. The maximum atomic E-state index is 13.0. The summed E-state index contributed by atoms with van der Waals surface area (Å²) >= 11 is 4.17. The average Bonchev–Trinajstić information content (AvgIpc) is 3.08. The maximum absolute atomic E-state index is 13.0. The molecule has 1 aliphatic rings. The van der Waals surface area contributed by atoms with Crippen LogP contribution in [0.5, 0.6) is 5.75 Å². The monoisotopic (exact) mass is 540 g/mol. The first kappa shape index (κ1) is 23.7. The van der Waals surface area contributed by atoms with Crippen molar-refractivity contribution < 1.29 is 23.5 Å². The van der Waals surface area contributed by atoms with E-state index < -0.39 is 29.4 Å². The summed E-state index contributed by atoms with van der Waals surface area (Å²) in [5.74, 6) is -0.855. The van der Waals surface area contributed by atoms with Gasteiger partial charge in [0.05, 0.1) is 4.91 Å². The zero-order valence-electron chi connectivity index (χ0n) is 17.7. The summed E-state index contributed by atoms with van der Waals surface area (Å²) in [6, 6.07) is 20.2. The third-order valence-electron chi connectivity index (χ3n) is 4.80. The van der Waals surface area contributed by atoms with Crippen LogP contribution in [0.15, 0.2) is 82.2 Å². The standard InChI is InChI=1S/C25H18BrFN2O4S/c26-18-5-1-17(2-6-18)15-33-21-11-3-16(4-12-21)13-22-24(31)29(25(32)34-22)14-23(30)28-20-9-7-19(27)8-10-20/h1-13H,14-15H2,(H,28,30)/b22-13-. The highest BCUT2D eigenvalue weighted by Gasteiger charge is 2.36. The molecule has 1 fully saturated rings. The zero-order valence-corrected chi connectivity index (χ0v) is 20.1. The van der Waals surface area contributed by atoms with Gasteiger partial charge in [0.1, 0.15) is 24.7 Å². The third-order valence-corrected chi connectivity index (χ3v) is 6.24. The molecule has 0 atom stereocenters.